The first-order valence-electron chi connectivity index (χ1n) is 8.05. The zero-order chi connectivity index (χ0) is 18.5. The Labute approximate surface area is 150 Å². The highest BCUT2D eigenvalue weighted by atomic mass is 16.4. The minimum atomic E-state index is -0.202. The maximum absolute atomic E-state index is 12.3. The first-order chi connectivity index (χ1) is 12.5. The molecule has 2 N–H and O–H groups in total. The Morgan fingerprint density at radius 1 is 1.08 bits per heavy atom. The van der Waals surface area contributed by atoms with Gasteiger partial charge in [0.2, 0.25) is 17.7 Å². The summed E-state index contributed by atoms with van der Waals surface area (Å²) in [7, 11) is 0. The maximum atomic E-state index is 12.3. The second-order valence-electron chi connectivity index (χ2n) is 5.75. The molecule has 0 aliphatic rings. The van der Waals surface area contributed by atoms with Crippen LogP contribution in [0.4, 0.5) is 11.4 Å². The average Bonchev–Trinajstić information content (AvgIpc) is 2.97. The molecular formula is C19H18N4O3. The van der Waals surface area contributed by atoms with Crippen LogP contribution < -0.4 is 10.6 Å². The van der Waals surface area contributed by atoms with Crippen molar-refractivity contribution in [2.75, 3.05) is 10.6 Å². The molecule has 0 aliphatic carbocycles. The van der Waals surface area contributed by atoms with Gasteiger partial charge in [-0.2, -0.15) is 0 Å². The fourth-order valence-corrected chi connectivity index (χ4v) is 2.40. The van der Waals surface area contributed by atoms with Crippen molar-refractivity contribution >= 4 is 23.2 Å². The van der Waals surface area contributed by atoms with Crippen molar-refractivity contribution in [2.45, 2.75) is 20.3 Å². The third-order valence-electron chi connectivity index (χ3n) is 3.62. The van der Waals surface area contributed by atoms with E-state index in [0.717, 1.165) is 5.56 Å². The molecule has 26 heavy (non-hydrogen) atoms. The molecule has 0 aliphatic heterocycles. The quantitative estimate of drug-likeness (QED) is 0.736. The number of hydrogen-bond acceptors (Lipinski definition) is 5. The van der Waals surface area contributed by atoms with Crippen LogP contribution in [0.5, 0.6) is 0 Å². The highest BCUT2D eigenvalue weighted by molar-refractivity contribution is 5.93. The predicted octanol–water partition coefficient (Wildman–Crippen LogP) is 3.18. The third kappa shape index (κ3) is 4.32. The van der Waals surface area contributed by atoms with E-state index in [2.05, 4.69) is 20.6 Å². The fourth-order valence-electron chi connectivity index (χ4n) is 2.40. The van der Waals surface area contributed by atoms with Crippen LogP contribution in [0.2, 0.25) is 0 Å². The minimum Gasteiger partial charge on any atom is -0.441 e. The topological polar surface area (TPSA) is 97.1 Å². The molecule has 0 bridgehead atoms. The zero-order valence-corrected chi connectivity index (χ0v) is 14.4. The summed E-state index contributed by atoms with van der Waals surface area (Å²) >= 11 is 0. The molecule has 0 spiro atoms. The SMILES string of the molecule is CC(=O)Nc1ccc(NC(=O)Cc2nc(-c3cccnc3)oc2C)cc1. The van der Waals surface area contributed by atoms with Gasteiger partial charge in [0.05, 0.1) is 17.7 Å². The number of oxazole rings is 1. The highest BCUT2D eigenvalue weighted by Crippen LogP contribution is 2.21. The highest BCUT2D eigenvalue weighted by Gasteiger charge is 2.15. The summed E-state index contributed by atoms with van der Waals surface area (Å²) < 4.78 is 5.63. The van der Waals surface area contributed by atoms with Gasteiger partial charge >= 0.3 is 0 Å². The van der Waals surface area contributed by atoms with E-state index in [9.17, 15) is 9.59 Å². The number of rotatable bonds is 5. The van der Waals surface area contributed by atoms with E-state index in [-0.39, 0.29) is 18.2 Å². The summed E-state index contributed by atoms with van der Waals surface area (Å²) in [6.07, 6.45) is 3.43. The molecule has 3 rings (SSSR count). The number of carbonyl (C=O) groups is 2. The smallest absolute Gasteiger partial charge is 0.230 e. The normalized spacial score (nSPS) is 10.4. The third-order valence-corrected chi connectivity index (χ3v) is 3.62. The Morgan fingerprint density at radius 2 is 1.77 bits per heavy atom. The van der Waals surface area contributed by atoms with E-state index < -0.39 is 0 Å². The van der Waals surface area contributed by atoms with Crippen LogP contribution >= 0.6 is 0 Å². The van der Waals surface area contributed by atoms with Crippen LogP contribution in [-0.2, 0) is 16.0 Å². The summed E-state index contributed by atoms with van der Waals surface area (Å²) in [6.45, 7) is 3.22. The number of hydrogen-bond donors (Lipinski definition) is 2. The number of nitrogens with one attached hydrogen (secondary N) is 2. The molecule has 2 amide bonds. The summed E-state index contributed by atoms with van der Waals surface area (Å²) in [4.78, 5) is 31.7. The first-order valence-corrected chi connectivity index (χ1v) is 8.05. The van der Waals surface area contributed by atoms with Gasteiger partial charge in [0.1, 0.15) is 5.76 Å². The molecule has 7 nitrogen and oxygen atoms in total. The number of anilines is 2. The van der Waals surface area contributed by atoms with E-state index in [1.165, 1.54) is 6.92 Å². The van der Waals surface area contributed by atoms with Crippen LogP contribution in [0.15, 0.2) is 53.2 Å². The van der Waals surface area contributed by atoms with Crippen molar-refractivity contribution in [3.8, 4) is 11.5 Å². The van der Waals surface area contributed by atoms with E-state index in [4.69, 9.17) is 4.42 Å². The van der Waals surface area contributed by atoms with Crippen molar-refractivity contribution in [1.29, 1.82) is 0 Å². The standard InChI is InChI=1S/C19H18N4O3/c1-12-17(23-19(26-12)14-4-3-9-20-11-14)10-18(25)22-16-7-5-15(6-8-16)21-13(2)24/h3-9,11H,10H2,1-2H3,(H,21,24)(H,22,25). The largest absolute Gasteiger partial charge is 0.441 e. The zero-order valence-electron chi connectivity index (χ0n) is 14.4. The monoisotopic (exact) mass is 350 g/mol. The van der Waals surface area contributed by atoms with Crippen LogP contribution in [0.3, 0.4) is 0 Å². The molecule has 7 heteroatoms. The van der Waals surface area contributed by atoms with E-state index >= 15 is 0 Å². The van der Waals surface area contributed by atoms with Crippen LogP contribution in [0, 0.1) is 6.92 Å². The second-order valence-corrected chi connectivity index (χ2v) is 5.75. The molecule has 2 heterocycles. The predicted molar refractivity (Wildman–Crippen MR) is 97.6 cm³/mol. The molecule has 0 saturated heterocycles. The van der Waals surface area contributed by atoms with Crippen LogP contribution in [0.25, 0.3) is 11.5 Å². The van der Waals surface area contributed by atoms with Gasteiger partial charge in [0.25, 0.3) is 0 Å². The summed E-state index contributed by atoms with van der Waals surface area (Å²) in [6, 6.07) is 10.5. The van der Waals surface area contributed by atoms with Crippen LogP contribution in [-0.4, -0.2) is 21.8 Å². The summed E-state index contributed by atoms with van der Waals surface area (Å²) in [5.74, 6) is 0.692. The molecule has 0 radical (unpaired) electrons. The summed E-state index contributed by atoms with van der Waals surface area (Å²) in [5, 5.41) is 5.47. The Balaban J connectivity index is 1.65. The molecular weight excluding hydrogens is 332 g/mol. The average molecular weight is 350 g/mol. The van der Waals surface area contributed by atoms with Gasteiger partial charge < -0.3 is 15.1 Å². The lowest BCUT2D eigenvalue weighted by atomic mass is 10.2. The molecule has 2 aromatic heterocycles. The van der Waals surface area contributed by atoms with E-state index in [1.54, 1.807) is 49.6 Å². The van der Waals surface area contributed by atoms with Crippen LogP contribution in [0.1, 0.15) is 18.4 Å². The molecule has 0 unspecified atom stereocenters. The number of nitrogens with zero attached hydrogens (tertiary/aromatic N) is 2. The second kappa shape index (κ2) is 7.60. The van der Waals surface area contributed by atoms with Crippen molar-refractivity contribution < 1.29 is 14.0 Å². The number of amides is 2. The Kier molecular flexibility index (Phi) is 5.07. The van der Waals surface area contributed by atoms with Gasteiger partial charge in [0, 0.05) is 30.7 Å². The number of aromatic nitrogens is 2. The van der Waals surface area contributed by atoms with E-state index in [0.29, 0.717) is 28.7 Å². The van der Waals surface area contributed by atoms with Gasteiger partial charge in [-0.25, -0.2) is 4.98 Å². The molecule has 0 saturated carbocycles. The molecule has 0 atom stereocenters. The lowest BCUT2D eigenvalue weighted by molar-refractivity contribution is -0.116. The van der Waals surface area contributed by atoms with Gasteiger partial charge in [-0.05, 0) is 43.3 Å². The van der Waals surface area contributed by atoms with Gasteiger partial charge in [-0.1, -0.05) is 0 Å². The summed E-state index contributed by atoms with van der Waals surface area (Å²) in [5.41, 5.74) is 2.65. The number of carbonyl (C=O) groups excluding carboxylic acids is 2. The fraction of sp³-hybridized carbons (Fsp3) is 0.158. The molecule has 1 aromatic carbocycles. The van der Waals surface area contributed by atoms with Gasteiger partial charge in [-0.15, -0.1) is 0 Å². The molecule has 132 valence electrons. The number of aryl methyl sites for hydroxylation is 1. The van der Waals surface area contributed by atoms with Crippen molar-refractivity contribution in [1.82, 2.24) is 9.97 Å². The Bertz CT molecular complexity index is 918. The number of pyridine rings is 1. The Morgan fingerprint density at radius 3 is 2.38 bits per heavy atom. The van der Waals surface area contributed by atoms with E-state index in [1.807, 2.05) is 6.07 Å². The lowest BCUT2D eigenvalue weighted by Gasteiger charge is -2.06. The Hall–Kier alpha value is -3.48. The molecule has 0 fully saturated rings. The first kappa shape index (κ1) is 17.3. The number of benzene rings is 1. The molecule has 3 aromatic rings. The van der Waals surface area contributed by atoms with Crippen molar-refractivity contribution in [3.63, 3.8) is 0 Å². The minimum absolute atomic E-state index is 0.100. The van der Waals surface area contributed by atoms with Crippen molar-refractivity contribution in [2.24, 2.45) is 0 Å². The lowest BCUT2D eigenvalue weighted by Crippen LogP contribution is -2.15. The maximum Gasteiger partial charge on any atom is 0.230 e. The van der Waals surface area contributed by atoms with Crippen molar-refractivity contribution in [3.05, 3.63) is 60.2 Å². The van der Waals surface area contributed by atoms with Gasteiger partial charge in [-0.3, -0.25) is 14.6 Å². The van der Waals surface area contributed by atoms with Gasteiger partial charge in [0.15, 0.2) is 0 Å².